The van der Waals surface area contributed by atoms with E-state index >= 15 is 0 Å². The van der Waals surface area contributed by atoms with Crippen molar-refractivity contribution in [3.63, 3.8) is 0 Å². The van der Waals surface area contributed by atoms with Gasteiger partial charge in [-0.15, -0.1) is 0 Å². The number of hydrogen-bond acceptors (Lipinski definition) is 4. The number of amides is 1. The van der Waals surface area contributed by atoms with Crippen LogP contribution in [0, 0.1) is 13.8 Å². The summed E-state index contributed by atoms with van der Waals surface area (Å²) in [6.07, 6.45) is 0. The minimum absolute atomic E-state index is 0.222. The van der Waals surface area contributed by atoms with E-state index in [9.17, 15) is 4.79 Å². The Bertz CT molecular complexity index is 754. The van der Waals surface area contributed by atoms with Crippen LogP contribution in [0.25, 0.3) is 0 Å². The summed E-state index contributed by atoms with van der Waals surface area (Å²) in [5.41, 5.74) is 4.04. The van der Waals surface area contributed by atoms with Gasteiger partial charge in [0.1, 0.15) is 19.5 Å². The highest BCUT2D eigenvalue weighted by atomic mass is 16.6. The van der Waals surface area contributed by atoms with E-state index in [0.717, 1.165) is 16.9 Å². The number of nitrogens with one attached hydrogen (secondary N) is 1. The second-order valence-corrected chi connectivity index (χ2v) is 5.35. The molecule has 0 aliphatic carbocycles. The lowest BCUT2D eigenvalue weighted by molar-refractivity contribution is -0.114. The molecule has 0 radical (unpaired) electrons. The van der Waals surface area contributed by atoms with Crippen LogP contribution in [0.2, 0.25) is 0 Å². The van der Waals surface area contributed by atoms with Crippen molar-refractivity contribution in [2.24, 2.45) is 5.16 Å². The molecule has 0 aliphatic heterocycles. The first-order chi connectivity index (χ1) is 11.6. The Morgan fingerprint density at radius 3 is 2.58 bits per heavy atom. The zero-order valence-electron chi connectivity index (χ0n) is 14.4. The average molecular weight is 326 g/mol. The first kappa shape index (κ1) is 17.5. The molecule has 1 N–H and O–H groups in total. The Morgan fingerprint density at radius 2 is 1.88 bits per heavy atom. The fourth-order valence-corrected chi connectivity index (χ4v) is 2.34. The van der Waals surface area contributed by atoms with Gasteiger partial charge in [-0.2, -0.15) is 0 Å². The molecule has 24 heavy (non-hydrogen) atoms. The van der Waals surface area contributed by atoms with Crippen molar-refractivity contribution in [3.8, 4) is 5.75 Å². The van der Waals surface area contributed by atoms with Crippen LogP contribution in [0.4, 0.5) is 0 Å². The summed E-state index contributed by atoms with van der Waals surface area (Å²) in [7, 11) is 2.97. The van der Waals surface area contributed by atoms with Gasteiger partial charge in [0.05, 0.1) is 0 Å². The summed E-state index contributed by atoms with van der Waals surface area (Å²) in [6, 6.07) is 13.4. The normalized spacial score (nSPS) is 11.1. The van der Waals surface area contributed by atoms with Crippen molar-refractivity contribution >= 4 is 11.6 Å². The summed E-state index contributed by atoms with van der Waals surface area (Å²) in [5.74, 6) is 0.519. The highest BCUT2D eigenvalue weighted by molar-refractivity contribution is 6.45. The molecule has 0 unspecified atom stereocenters. The lowest BCUT2D eigenvalue weighted by Gasteiger charge is -2.14. The second kappa shape index (κ2) is 8.15. The molecule has 0 saturated carbocycles. The van der Waals surface area contributed by atoms with Crippen LogP contribution in [-0.4, -0.2) is 25.8 Å². The molecule has 0 saturated heterocycles. The lowest BCUT2D eigenvalue weighted by atomic mass is 10.0. The van der Waals surface area contributed by atoms with Gasteiger partial charge in [-0.25, -0.2) is 0 Å². The quantitative estimate of drug-likeness (QED) is 0.656. The van der Waals surface area contributed by atoms with Crippen molar-refractivity contribution in [3.05, 3.63) is 64.7 Å². The Kier molecular flexibility index (Phi) is 5.95. The van der Waals surface area contributed by atoms with E-state index in [1.54, 1.807) is 7.05 Å². The van der Waals surface area contributed by atoms with Gasteiger partial charge in [0.2, 0.25) is 0 Å². The minimum atomic E-state index is -0.309. The molecule has 2 rings (SSSR count). The van der Waals surface area contributed by atoms with Crippen LogP contribution >= 0.6 is 0 Å². The van der Waals surface area contributed by atoms with E-state index in [1.807, 2.05) is 56.3 Å². The molecule has 0 aliphatic rings. The smallest absolute Gasteiger partial charge is 0.273 e. The molecule has 0 atom stereocenters. The van der Waals surface area contributed by atoms with Crippen LogP contribution < -0.4 is 10.1 Å². The highest BCUT2D eigenvalue weighted by Gasteiger charge is 2.17. The van der Waals surface area contributed by atoms with Crippen LogP contribution in [0.5, 0.6) is 5.75 Å². The van der Waals surface area contributed by atoms with E-state index < -0.39 is 0 Å². The molecule has 0 bridgehead atoms. The lowest BCUT2D eigenvalue weighted by Crippen LogP contribution is -2.29. The predicted molar refractivity (Wildman–Crippen MR) is 94.3 cm³/mol. The molecule has 0 fully saturated rings. The predicted octanol–water partition coefficient (Wildman–Crippen LogP) is 2.98. The fourth-order valence-electron chi connectivity index (χ4n) is 2.34. The number of nitrogens with zero attached hydrogens (tertiary/aromatic N) is 1. The van der Waals surface area contributed by atoms with Gasteiger partial charge in [-0.3, -0.25) is 4.79 Å². The van der Waals surface area contributed by atoms with Gasteiger partial charge in [-0.1, -0.05) is 41.6 Å². The fraction of sp³-hybridized carbons (Fsp3) is 0.263. The maximum absolute atomic E-state index is 12.1. The number of oxime groups is 1. The second-order valence-electron chi connectivity index (χ2n) is 5.35. The van der Waals surface area contributed by atoms with Crippen LogP contribution in [0.3, 0.4) is 0 Å². The van der Waals surface area contributed by atoms with Gasteiger partial charge in [0, 0.05) is 12.6 Å². The van der Waals surface area contributed by atoms with Crippen molar-refractivity contribution in [2.75, 3.05) is 14.2 Å². The van der Waals surface area contributed by atoms with Crippen LogP contribution in [0.1, 0.15) is 22.3 Å². The van der Waals surface area contributed by atoms with E-state index in [1.165, 1.54) is 12.7 Å². The number of carbonyl (C=O) groups is 1. The third-order valence-corrected chi connectivity index (χ3v) is 3.84. The van der Waals surface area contributed by atoms with Crippen LogP contribution in [-0.2, 0) is 16.2 Å². The average Bonchev–Trinajstić information content (AvgIpc) is 2.60. The van der Waals surface area contributed by atoms with Crippen molar-refractivity contribution in [2.45, 2.75) is 20.5 Å². The number of likely N-dealkylation sites (N-methyl/N-ethyl adjacent to an activating group) is 1. The molecule has 0 heterocycles. The molecule has 5 heteroatoms. The zero-order chi connectivity index (χ0) is 17.5. The van der Waals surface area contributed by atoms with Gasteiger partial charge < -0.3 is 14.9 Å². The molecule has 0 spiro atoms. The summed E-state index contributed by atoms with van der Waals surface area (Å²) < 4.78 is 5.96. The zero-order valence-corrected chi connectivity index (χ0v) is 14.4. The number of benzene rings is 2. The Hall–Kier alpha value is -2.82. The highest BCUT2D eigenvalue weighted by Crippen LogP contribution is 2.22. The third-order valence-electron chi connectivity index (χ3n) is 3.84. The first-order valence-electron chi connectivity index (χ1n) is 7.69. The molecule has 126 valence electrons. The van der Waals surface area contributed by atoms with E-state index in [4.69, 9.17) is 9.57 Å². The number of aryl methyl sites for hydroxylation is 1. The summed E-state index contributed by atoms with van der Waals surface area (Å²) in [6.45, 7) is 4.41. The van der Waals surface area contributed by atoms with E-state index in [0.29, 0.717) is 12.2 Å². The Labute approximate surface area is 142 Å². The van der Waals surface area contributed by atoms with Crippen molar-refractivity contribution in [1.29, 1.82) is 0 Å². The van der Waals surface area contributed by atoms with Crippen molar-refractivity contribution < 1.29 is 14.4 Å². The summed E-state index contributed by atoms with van der Waals surface area (Å²) >= 11 is 0. The molecular weight excluding hydrogens is 304 g/mol. The van der Waals surface area contributed by atoms with Crippen LogP contribution in [0.15, 0.2) is 47.6 Å². The number of rotatable bonds is 6. The molecule has 0 aromatic heterocycles. The standard InChI is InChI=1S/C19H22N2O3/c1-13-8-7-11-17(14(13)2)24-12-15-9-5-6-10-16(15)18(21-23-4)19(22)20-3/h5-11H,12H2,1-4H3,(H,20,22)/b21-18+. The number of ether oxygens (including phenoxy) is 1. The third kappa shape index (κ3) is 3.93. The van der Waals surface area contributed by atoms with E-state index in [2.05, 4.69) is 10.5 Å². The molecule has 2 aromatic rings. The number of hydrogen-bond donors (Lipinski definition) is 1. The molecule has 1 amide bonds. The van der Waals surface area contributed by atoms with E-state index in [-0.39, 0.29) is 11.6 Å². The first-order valence-corrected chi connectivity index (χ1v) is 7.69. The molecular formula is C19H22N2O3. The summed E-state index contributed by atoms with van der Waals surface area (Å²) in [5, 5.41) is 6.44. The largest absolute Gasteiger partial charge is 0.489 e. The molecule has 2 aromatic carbocycles. The molecule has 5 nitrogen and oxygen atoms in total. The Balaban J connectivity index is 2.30. The monoisotopic (exact) mass is 326 g/mol. The topological polar surface area (TPSA) is 59.9 Å². The number of carbonyl (C=O) groups excluding carboxylic acids is 1. The Morgan fingerprint density at radius 1 is 1.12 bits per heavy atom. The van der Waals surface area contributed by atoms with Gasteiger partial charge >= 0.3 is 0 Å². The van der Waals surface area contributed by atoms with Gasteiger partial charge in [-0.05, 0) is 36.6 Å². The van der Waals surface area contributed by atoms with Gasteiger partial charge in [0.25, 0.3) is 5.91 Å². The SMILES string of the molecule is CNC(=O)/C(=N/OC)c1ccccc1COc1cccc(C)c1C. The van der Waals surface area contributed by atoms with Gasteiger partial charge in [0.15, 0.2) is 5.71 Å². The maximum Gasteiger partial charge on any atom is 0.273 e. The maximum atomic E-state index is 12.1. The summed E-state index contributed by atoms with van der Waals surface area (Å²) in [4.78, 5) is 16.9. The van der Waals surface area contributed by atoms with Crippen molar-refractivity contribution in [1.82, 2.24) is 5.32 Å². The minimum Gasteiger partial charge on any atom is -0.489 e.